The van der Waals surface area contributed by atoms with Gasteiger partial charge in [0.2, 0.25) is 5.91 Å². The number of ether oxygens (including phenoxy) is 2. The minimum atomic E-state index is -1.76. The number of piperidine rings is 1. The summed E-state index contributed by atoms with van der Waals surface area (Å²) in [7, 11) is -1.76. The summed E-state index contributed by atoms with van der Waals surface area (Å²) < 4.78 is 10.9. The molecule has 3 aliphatic rings. The van der Waals surface area contributed by atoms with Gasteiger partial charge in [-0.05, 0) is 45.1 Å². The number of hydrogen-bond acceptors (Lipinski definition) is 9. The lowest BCUT2D eigenvalue weighted by Gasteiger charge is -2.48. The molecular formula is C28H42BN5O6. The number of benzene rings is 1. The first-order chi connectivity index (χ1) is 19.2. The fraction of sp³-hybridized carbons (Fsp3) is 0.679. The second kappa shape index (κ2) is 13.8. The van der Waals surface area contributed by atoms with E-state index in [2.05, 4.69) is 35.0 Å². The third-order valence-electron chi connectivity index (χ3n) is 8.39. The summed E-state index contributed by atoms with van der Waals surface area (Å²) in [5.41, 5.74) is 0.526. The first-order valence-corrected chi connectivity index (χ1v) is 14.3. The molecular weight excluding hydrogens is 513 g/mol. The van der Waals surface area contributed by atoms with Gasteiger partial charge < -0.3 is 29.7 Å². The van der Waals surface area contributed by atoms with Gasteiger partial charge in [-0.3, -0.25) is 14.6 Å². The van der Waals surface area contributed by atoms with Crippen molar-refractivity contribution in [1.29, 1.82) is 5.26 Å². The largest absolute Gasteiger partial charge is 0.475 e. The van der Waals surface area contributed by atoms with E-state index in [1.54, 1.807) is 4.90 Å². The van der Waals surface area contributed by atoms with Crippen LogP contribution in [-0.2, 0) is 20.7 Å². The minimum Gasteiger partial charge on any atom is -0.444 e. The summed E-state index contributed by atoms with van der Waals surface area (Å²) in [6, 6.07) is 12.0. The summed E-state index contributed by atoms with van der Waals surface area (Å²) >= 11 is 0. The molecule has 0 saturated carbocycles. The third-order valence-corrected chi connectivity index (χ3v) is 8.39. The number of amides is 2. The van der Waals surface area contributed by atoms with Crippen LogP contribution in [0, 0.1) is 17.2 Å². The maximum Gasteiger partial charge on any atom is 0.475 e. The second-order valence-corrected chi connectivity index (χ2v) is 11.7. The van der Waals surface area contributed by atoms with Crippen molar-refractivity contribution in [1.82, 2.24) is 20.0 Å². The molecule has 3 fully saturated rings. The molecule has 0 spiro atoms. The number of likely N-dealkylation sites (tertiary alicyclic amines) is 1. The van der Waals surface area contributed by atoms with Crippen molar-refractivity contribution in [3.63, 3.8) is 0 Å². The molecule has 3 N–H and O–H groups in total. The normalized spacial score (nSPS) is 22.5. The van der Waals surface area contributed by atoms with E-state index in [1.165, 1.54) is 0 Å². The van der Waals surface area contributed by atoms with E-state index in [0.29, 0.717) is 31.8 Å². The van der Waals surface area contributed by atoms with Crippen LogP contribution in [0.1, 0.15) is 38.7 Å². The number of alkyl carbamates (subject to hydrolysis) is 1. The first kappa shape index (κ1) is 30.3. The predicted octanol–water partition coefficient (Wildman–Crippen LogP) is 0.652. The summed E-state index contributed by atoms with van der Waals surface area (Å²) in [6.07, 6.45) is 0.579. The van der Waals surface area contributed by atoms with Gasteiger partial charge in [0.25, 0.3) is 0 Å². The van der Waals surface area contributed by atoms with Crippen LogP contribution < -0.4 is 5.32 Å². The number of carbonyl (C=O) groups excluding carboxylic acids is 2. The molecule has 3 aliphatic heterocycles. The smallest absolute Gasteiger partial charge is 0.444 e. The van der Waals surface area contributed by atoms with Crippen molar-refractivity contribution in [2.75, 3.05) is 52.5 Å². The molecule has 1 aromatic carbocycles. The molecule has 1 unspecified atom stereocenters. The number of nitrogens with zero attached hydrogens (tertiary/aromatic N) is 4. The minimum absolute atomic E-state index is 0.206. The number of piperazine rings is 1. The number of nitrogens with one attached hydrogen (secondary N) is 1. The second-order valence-electron chi connectivity index (χ2n) is 11.7. The van der Waals surface area contributed by atoms with Crippen LogP contribution in [0.15, 0.2) is 30.3 Å². The average molecular weight is 555 g/mol. The number of rotatable bonds is 10. The van der Waals surface area contributed by atoms with Crippen molar-refractivity contribution in [2.45, 2.75) is 63.2 Å². The fourth-order valence-corrected chi connectivity index (χ4v) is 5.83. The zero-order chi connectivity index (χ0) is 28.7. The maximum atomic E-state index is 13.4. The lowest BCUT2D eigenvalue weighted by atomic mass is 9.76. The van der Waals surface area contributed by atoms with Crippen molar-refractivity contribution >= 4 is 19.1 Å². The number of hydrogen-bond donors (Lipinski definition) is 3. The van der Waals surface area contributed by atoms with Gasteiger partial charge in [-0.2, -0.15) is 5.26 Å². The van der Waals surface area contributed by atoms with E-state index in [1.807, 2.05) is 30.3 Å². The molecule has 3 heterocycles. The Morgan fingerprint density at radius 2 is 1.88 bits per heavy atom. The molecule has 40 heavy (non-hydrogen) atoms. The highest BCUT2D eigenvalue weighted by molar-refractivity contribution is 6.43. The van der Waals surface area contributed by atoms with Gasteiger partial charge in [-0.1, -0.05) is 30.3 Å². The van der Waals surface area contributed by atoms with Crippen LogP contribution in [-0.4, -0.2) is 120 Å². The fourth-order valence-electron chi connectivity index (χ4n) is 5.83. The molecule has 0 aliphatic carbocycles. The van der Waals surface area contributed by atoms with Crippen LogP contribution in [0.4, 0.5) is 4.79 Å². The Kier molecular flexibility index (Phi) is 10.4. The quantitative estimate of drug-likeness (QED) is 0.355. The topological polar surface area (TPSA) is 139 Å². The van der Waals surface area contributed by atoms with E-state index in [-0.39, 0.29) is 24.4 Å². The molecule has 3 saturated heterocycles. The van der Waals surface area contributed by atoms with Gasteiger partial charge in [0.05, 0.1) is 37.8 Å². The molecule has 2 amide bonds. The molecule has 4 rings (SSSR count). The molecule has 3 atom stereocenters. The van der Waals surface area contributed by atoms with Crippen LogP contribution >= 0.6 is 0 Å². The molecule has 1 aromatic rings. The van der Waals surface area contributed by atoms with Gasteiger partial charge in [0, 0.05) is 38.3 Å². The monoisotopic (exact) mass is 555 g/mol. The van der Waals surface area contributed by atoms with Gasteiger partial charge in [-0.15, -0.1) is 0 Å². The molecule has 0 aromatic heterocycles. The molecule has 218 valence electrons. The van der Waals surface area contributed by atoms with Crippen LogP contribution in [0.5, 0.6) is 0 Å². The average Bonchev–Trinajstić information content (AvgIpc) is 2.91. The highest BCUT2D eigenvalue weighted by Crippen LogP contribution is 2.28. The molecule has 12 heteroatoms. The molecule has 0 bridgehead atoms. The first-order valence-electron chi connectivity index (χ1n) is 14.3. The predicted molar refractivity (Wildman–Crippen MR) is 149 cm³/mol. The number of carbonyl (C=O) groups is 2. The Balaban J connectivity index is 1.27. The third kappa shape index (κ3) is 7.95. The summed E-state index contributed by atoms with van der Waals surface area (Å²) in [4.78, 5) is 32.5. The van der Waals surface area contributed by atoms with E-state index in [0.717, 1.165) is 45.0 Å². The number of nitriles is 1. The van der Waals surface area contributed by atoms with Crippen molar-refractivity contribution in [3.05, 3.63) is 35.9 Å². The Labute approximate surface area is 237 Å². The van der Waals surface area contributed by atoms with E-state index < -0.39 is 31.2 Å². The van der Waals surface area contributed by atoms with Crippen LogP contribution in [0.25, 0.3) is 0 Å². The lowest BCUT2D eigenvalue weighted by Crippen LogP contribution is -2.60. The highest BCUT2D eigenvalue weighted by Gasteiger charge is 2.39. The zero-order valence-electron chi connectivity index (χ0n) is 23.6. The van der Waals surface area contributed by atoms with Crippen LogP contribution in [0.3, 0.4) is 0 Å². The van der Waals surface area contributed by atoms with Crippen LogP contribution in [0.2, 0.25) is 0 Å². The Bertz CT molecular complexity index is 1030. The van der Waals surface area contributed by atoms with Gasteiger partial charge >= 0.3 is 13.2 Å². The van der Waals surface area contributed by atoms with Crippen molar-refractivity contribution in [2.24, 2.45) is 5.92 Å². The summed E-state index contributed by atoms with van der Waals surface area (Å²) in [5, 5.41) is 32.0. The van der Waals surface area contributed by atoms with E-state index >= 15 is 0 Å². The maximum absolute atomic E-state index is 13.4. The Hall–Kier alpha value is -2.69. The standard InChI is InChI=1S/C28H42BN5O6/c1-28(2,34-13-11-32(12-14-34)23-19-39-20-23)16-22(17-30)26(35)33-10-6-9-24(18-33)40-27(36)31-25(29(37)38)15-21-7-4-3-5-8-21/h3-5,7-8,22-25,37-38H,6,9-16,18-20H2,1-2H3,(H,31,36)/t22?,24-,25-/m0/s1. The van der Waals surface area contributed by atoms with E-state index in [4.69, 9.17) is 9.47 Å². The Morgan fingerprint density at radius 1 is 1.18 bits per heavy atom. The van der Waals surface area contributed by atoms with Crippen molar-refractivity contribution in [3.8, 4) is 6.07 Å². The molecule has 0 radical (unpaired) electrons. The Morgan fingerprint density at radius 3 is 2.48 bits per heavy atom. The summed E-state index contributed by atoms with van der Waals surface area (Å²) in [6.45, 7) is 10.2. The summed E-state index contributed by atoms with van der Waals surface area (Å²) in [5.74, 6) is -1.96. The highest BCUT2D eigenvalue weighted by atomic mass is 16.6. The van der Waals surface area contributed by atoms with Gasteiger partial charge in [-0.25, -0.2) is 4.79 Å². The molecule has 11 nitrogen and oxygen atoms in total. The van der Waals surface area contributed by atoms with Crippen molar-refractivity contribution < 1.29 is 29.1 Å². The zero-order valence-corrected chi connectivity index (χ0v) is 23.6. The lowest BCUT2D eigenvalue weighted by molar-refractivity contribution is -0.138. The van der Waals surface area contributed by atoms with Gasteiger partial charge in [0.1, 0.15) is 12.0 Å². The van der Waals surface area contributed by atoms with E-state index in [9.17, 15) is 24.9 Å². The van der Waals surface area contributed by atoms with Gasteiger partial charge in [0.15, 0.2) is 0 Å². The SMILES string of the molecule is CC(C)(CC(C#N)C(=O)N1CCC[C@H](OC(=O)N[C@@H](Cc2ccccc2)B(O)O)C1)N1CCN(C2COC2)CC1.